The first kappa shape index (κ1) is 18.4. The highest BCUT2D eigenvalue weighted by Crippen LogP contribution is 2.30. The largest absolute Gasteiger partial charge is 0.360 e. The lowest BCUT2D eigenvalue weighted by molar-refractivity contribution is -0.122. The molecule has 1 aromatic rings. The van der Waals surface area contributed by atoms with Crippen molar-refractivity contribution in [1.82, 2.24) is 15.0 Å². The fourth-order valence-electron chi connectivity index (χ4n) is 4.69. The van der Waals surface area contributed by atoms with Crippen LogP contribution >= 0.6 is 0 Å². The van der Waals surface area contributed by atoms with E-state index in [1.807, 2.05) is 6.92 Å². The molecule has 3 heterocycles. The van der Waals surface area contributed by atoms with E-state index in [0.717, 1.165) is 25.9 Å². The van der Waals surface area contributed by atoms with Crippen molar-refractivity contribution in [3.8, 4) is 0 Å². The Hall–Kier alpha value is -1.40. The topological polar surface area (TPSA) is 61.6 Å². The predicted octanol–water partition coefficient (Wildman–Crippen LogP) is 3.04. The van der Waals surface area contributed by atoms with Gasteiger partial charge in [0.1, 0.15) is 5.76 Å². The summed E-state index contributed by atoms with van der Waals surface area (Å²) < 4.78 is 5.05. The number of piperidine rings is 1. The minimum absolute atomic E-state index is 0.0268. The summed E-state index contributed by atoms with van der Waals surface area (Å²) in [6, 6.07) is 3.54. The summed E-state index contributed by atoms with van der Waals surface area (Å²) >= 11 is 0. The Bertz CT molecular complexity index is 578. The Kier molecular flexibility index (Phi) is 5.79. The Morgan fingerprint density at radius 3 is 2.68 bits per heavy atom. The number of anilines is 1. The molecule has 4 atom stereocenters. The van der Waals surface area contributed by atoms with E-state index in [1.165, 1.54) is 19.3 Å². The van der Waals surface area contributed by atoms with E-state index in [-0.39, 0.29) is 11.9 Å². The van der Waals surface area contributed by atoms with Crippen LogP contribution in [-0.2, 0) is 4.79 Å². The van der Waals surface area contributed by atoms with Crippen LogP contribution in [0.15, 0.2) is 10.6 Å². The maximum atomic E-state index is 12.8. The van der Waals surface area contributed by atoms with Gasteiger partial charge in [0.25, 0.3) is 0 Å². The number of hydrogen-bond acceptors (Lipinski definition) is 5. The molecule has 2 aliphatic heterocycles. The van der Waals surface area contributed by atoms with E-state index in [0.29, 0.717) is 29.7 Å². The van der Waals surface area contributed by atoms with Gasteiger partial charge >= 0.3 is 0 Å². The van der Waals surface area contributed by atoms with Gasteiger partial charge in [0.05, 0.1) is 6.04 Å². The second-order valence-electron chi connectivity index (χ2n) is 7.75. The number of hydrogen-bond donors (Lipinski definition) is 1. The van der Waals surface area contributed by atoms with Crippen molar-refractivity contribution in [2.24, 2.45) is 0 Å². The molecule has 2 fully saturated rings. The number of carbonyl (C=O) groups excluding carboxylic acids is 1. The first-order chi connectivity index (χ1) is 12.0. The minimum atomic E-state index is -0.104. The summed E-state index contributed by atoms with van der Waals surface area (Å²) in [4.78, 5) is 17.8. The van der Waals surface area contributed by atoms with Gasteiger partial charge in [-0.1, -0.05) is 12.1 Å². The smallest absolute Gasteiger partial charge is 0.242 e. The van der Waals surface area contributed by atoms with Crippen LogP contribution < -0.4 is 5.32 Å². The highest BCUT2D eigenvalue weighted by Gasteiger charge is 2.37. The van der Waals surface area contributed by atoms with Crippen LogP contribution in [0, 0.1) is 6.92 Å². The monoisotopic (exact) mass is 348 g/mol. The number of rotatable bonds is 5. The van der Waals surface area contributed by atoms with Gasteiger partial charge in [-0.15, -0.1) is 0 Å². The van der Waals surface area contributed by atoms with Crippen molar-refractivity contribution < 1.29 is 9.32 Å². The van der Waals surface area contributed by atoms with Gasteiger partial charge in [-0.3, -0.25) is 14.6 Å². The summed E-state index contributed by atoms with van der Waals surface area (Å²) in [7, 11) is 0. The molecule has 3 rings (SSSR count). The normalized spacial score (nSPS) is 29.7. The molecule has 1 amide bonds. The van der Waals surface area contributed by atoms with E-state index < -0.39 is 0 Å². The molecule has 140 valence electrons. The zero-order chi connectivity index (χ0) is 18.0. The zero-order valence-electron chi connectivity index (χ0n) is 16.0. The number of aromatic nitrogens is 1. The number of carbonyl (C=O) groups is 1. The van der Waals surface area contributed by atoms with Gasteiger partial charge in [0, 0.05) is 30.7 Å². The molecule has 0 unspecified atom stereocenters. The van der Waals surface area contributed by atoms with Crippen molar-refractivity contribution in [2.45, 2.75) is 84.0 Å². The average molecular weight is 348 g/mol. The molecule has 1 aromatic heterocycles. The van der Waals surface area contributed by atoms with Crippen molar-refractivity contribution in [3.63, 3.8) is 0 Å². The second-order valence-corrected chi connectivity index (χ2v) is 7.75. The first-order valence-electron chi connectivity index (χ1n) is 9.75. The number of likely N-dealkylation sites (tertiary alicyclic amines) is 2. The molecule has 0 aromatic carbocycles. The van der Waals surface area contributed by atoms with Crippen LogP contribution in [0.5, 0.6) is 0 Å². The Morgan fingerprint density at radius 2 is 2.08 bits per heavy atom. The van der Waals surface area contributed by atoms with Crippen LogP contribution in [0.4, 0.5) is 5.82 Å². The van der Waals surface area contributed by atoms with E-state index in [4.69, 9.17) is 4.52 Å². The van der Waals surface area contributed by atoms with Gasteiger partial charge in [0.2, 0.25) is 5.91 Å². The molecule has 6 nitrogen and oxygen atoms in total. The summed E-state index contributed by atoms with van der Waals surface area (Å²) in [5.41, 5.74) is 0. The molecule has 0 spiro atoms. The quantitative estimate of drug-likeness (QED) is 0.886. The first-order valence-corrected chi connectivity index (χ1v) is 9.75. The molecule has 1 N–H and O–H groups in total. The number of aryl methyl sites for hydroxylation is 1. The number of amides is 1. The highest BCUT2D eigenvalue weighted by atomic mass is 16.5. The van der Waals surface area contributed by atoms with Crippen LogP contribution in [0.3, 0.4) is 0 Å². The van der Waals surface area contributed by atoms with Crippen LogP contribution in [0.1, 0.15) is 58.6 Å². The fraction of sp³-hybridized carbons (Fsp3) is 0.789. The molecule has 2 saturated heterocycles. The third-order valence-electron chi connectivity index (χ3n) is 5.88. The van der Waals surface area contributed by atoms with Crippen molar-refractivity contribution in [1.29, 1.82) is 0 Å². The Labute approximate surface area is 150 Å². The van der Waals surface area contributed by atoms with Gasteiger partial charge in [-0.05, 0) is 59.4 Å². The molecule has 0 saturated carbocycles. The fourth-order valence-corrected chi connectivity index (χ4v) is 4.69. The van der Waals surface area contributed by atoms with Gasteiger partial charge in [0.15, 0.2) is 5.82 Å². The third-order valence-corrected chi connectivity index (χ3v) is 5.88. The summed E-state index contributed by atoms with van der Waals surface area (Å²) in [6.45, 7) is 10.6. The molecule has 6 heteroatoms. The SMILES string of the molecule is CC[C@H](C(=O)Nc1cc(C)on1)N1CCC[C@H](N2[C@H](C)CC[C@H]2C)C1. The van der Waals surface area contributed by atoms with Crippen molar-refractivity contribution in [3.05, 3.63) is 11.8 Å². The van der Waals surface area contributed by atoms with Crippen molar-refractivity contribution >= 4 is 11.7 Å². The lowest BCUT2D eigenvalue weighted by Gasteiger charge is -2.43. The van der Waals surface area contributed by atoms with Crippen LogP contribution in [-0.4, -0.2) is 58.1 Å². The van der Waals surface area contributed by atoms with Crippen LogP contribution in [0.25, 0.3) is 0 Å². The molecule has 25 heavy (non-hydrogen) atoms. The van der Waals surface area contributed by atoms with Gasteiger partial charge in [-0.25, -0.2) is 0 Å². The molecule has 0 aliphatic carbocycles. The maximum absolute atomic E-state index is 12.8. The van der Waals surface area contributed by atoms with Gasteiger partial charge in [-0.2, -0.15) is 0 Å². The summed E-state index contributed by atoms with van der Waals surface area (Å²) in [5.74, 6) is 1.24. The van der Waals surface area contributed by atoms with E-state index >= 15 is 0 Å². The molecule has 0 bridgehead atoms. The lowest BCUT2D eigenvalue weighted by atomic mass is 9.99. The number of nitrogens with one attached hydrogen (secondary N) is 1. The van der Waals surface area contributed by atoms with E-state index in [2.05, 4.69) is 41.0 Å². The molecule has 0 radical (unpaired) electrons. The summed E-state index contributed by atoms with van der Waals surface area (Å²) in [6.07, 6.45) is 5.79. The molecular formula is C19H32N4O2. The van der Waals surface area contributed by atoms with E-state index in [9.17, 15) is 4.79 Å². The van der Waals surface area contributed by atoms with Crippen molar-refractivity contribution in [2.75, 3.05) is 18.4 Å². The summed E-state index contributed by atoms with van der Waals surface area (Å²) in [5, 5.41) is 6.80. The Balaban J connectivity index is 1.64. The second kappa shape index (κ2) is 7.87. The minimum Gasteiger partial charge on any atom is -0.360 e. The highest BCUT2D eigenvalue weighted by molar-refractivity contribution is 5.94. The standard InChI is InChI=1S/C19H32N4O2/c1-5-17(19(24)20-18-11-15(4)25-21-18)22-10-6-7-16(12-22)23-13(2)8-9-14(23)3/h11,13-14,16-17H,5-10,12H2,1-4H3,(H,20,21,24)/t13-,14-,16+,17-/m1/s1. The maximum Gasteiger partial charge on any atom is 0.242 e. The lowest BCUT2D eigenvalue weighted by Crippen LogP contribution is -2.55. The van der Waals surface area contributed by atoms with Gasteiger partial charge < -0.3 is 9.84 Å². The Morgan fingerprint density at radius 1 is 1.36 bits per heavy atom. The predicted molar refractivity (Wildman–Crippen MR) is 98.5 cm³/mol. The zero-order valence-corrected chi connectivity index (χ0v) is 16.0. The van der Waals surface area contributed by atoms with E-state index in [1.54, 1.807) is 6.07 Å². The number of nitrogens with zero attached hydrogens (tertiary/aromatic N) is 3. The molecule has 2 aliphatic rings. The average Bonchev–Trinajstić information content (AvgIpc) is 3.13. The third kappa shape index (κ3) is 4.06. The van der Waals surface area contributed by atoms with Crippen LogP contribution in [0.2, 0.25) is 0 Å². The molecular weight excluding hydrogens is 316 g/mol.